The largest absolute Gasteiger partial charge is 0.390 e. The van der Waals surface area contributed by atoms with Crippen LogP contribution in [0.1, 0.15) is 40.3 Å². The van der Waals surface area contributed by atoms with Crippen LogP contribution in [0.2, 0.25) is 0 Å². The molecule has 21 heavy (non-hydrogen) atoms. The Morgan fingerprint density at radius 3 is 2.05 bits per heavy atom. The van der Waals surface area contributed by atoms with Crippen molar-refractivity contribution in [3.8, 4) is 0 Å². The molecule has 0 aliphatic carbocycles. The van der Waals surface area contributed by atoms with E-state index in [1.165, 1.54) is 0 Å². The maximum atomic E-state index is 12.8. The highest BCUT2D eigenvalue weighted by atomic mass is 32.2. The monoisotopic (exact) mass is 316 g/mol. The van der Waals surface area contributed by atoms with Gasteiger partial charge < -0.3 is 9.67 Å². The van der Waals surface area contributed by atoms with Crippen LogP contribution in [0.25, 0.3) is 0 Å². The zero-order chi connectivity index (χ0) is 16.2. The van der Waals surface area contributed by atoms with Crippen LogP contribution in [0.15, 0.2) is 17.2 Å². The first-order chi connectivity index (χ1) is 9.72. The van der Waals surface area contributed by atoms with Gasteiger partial charge in [-0.15, -0.1) is 0 Å². The smallest absolute Gasteiger partial charge is 0.244 e. The van der Waals surface area contributed by atoms with E-state index < -0.39 is 10.0 Å². The molecule has 0 radical (unpaired) electrons. The topological polar surface area (TPSA) is 62.5 Å². The van der Waals surface area contributed by atoms with Gasteiger partial charge in [-0.2, -0.15) is 4.31 Å². The van der Waals surface area contributed by atoms with Crippen molar-refractivity contribution >= 4 is 10.0 Å². The Morgan fingerprint density at radius 1 is 1.19 bits per heavy atom. The fourth-order valence-corrected chi connectivity index (χ4v) is 4.16. The number of hydrogen-bond acceptors (Lipinski definition) is 3. The lowest BCUT2D eigenvalue weighted by Gasteiger charge is -2.25. The van der Waals surface area contributed by atoms with Crippen LogP contribution in [0.3, 0.4) is 0 Å². The molecule has 0 spiro atoms. The number of aromatic nitrogens is 1. The van der Waals surface area contributed by atoms with Crippen molar-refractivity contribution in [1.29, 1.82) is 0 Å². The molecule has 1 rings (SSSR count). The maximum absolute atomic E-state index is 12.8. The molecule has 0 saturated carbocycles. The van der Waals surface area contributed by atoms with Gasteiger partial charge in [-0.1, -0.05) is 27.7 Å². The fraction of sp³-hybridized carbons (Fsp3) is 0.733. The molecular formula is C15H28N2O3S. The minimum Gasteiger partial charge on any atom is -0.390 e. The van der Waals surface area contributed by atoms with Gasteiger partial charge in [-0.3, -0.25) is 0 Å². The Bertz CT molecular complexity index is 516. The molecule has 0 fully saturated rings. The van der Waals surface area contributed by atoms with E-state index in [0.717, 1.165) is 0 Å². The summed E-state index contributed by atoms with van der Waals surface area (Å²) in [7, 11) is -3.51. The molecule has 1 aromatic rings. The van der Waals surface area contributed by atoms with Gasteiger partial charge in [0, 0.05) is 31.5 Å². The molecule has 0 aliphatic rings. The minimum atomic E-state index is -3.51. The van der Waals surface area contributed by atoms with E-state index in [9.17, 15) is 13.5 Å². The molecule has 1 aromatic heterocycles. The first kappa shape index (κ1) is 18.2. The molecule has 0 aromatic carbocycles. The van der Waals surface area contributed by atoms with Crippen molar-refractivity contribution in [2.45, 2.75) is 52.7 Å². The van der Waals surface area contributed by atoms with E-state index in [1.54, 1.807) is 21.1 Å². The minimum absolute atomic E-state index is 0.155. The van der Waals surface area contributed by atoms with Crippen molar-refractivity contribution in [3.63, 3.8) is 0 Å². The average molecular weight is 316 g/mol. The Hall–Kier alpha value is -0.850. The van der Waals surface area contributed by atoms with Crippen LogP contribution in [0.5, 0.6) is 0 Å². The van der Waals surface area contributed by atoms with Crippen LogP contribution in [-0.4, -0.2) is 35.5 Å². The standard InChI is InChI=1S/C15H28N2O3S/c1-6-16-10-15(7-14(16)11-18)21(19,20)17(8-12(2)3)9-13(4)5/h7,10,12-13,18H,6,8-9,11H2,1-5H3. The molecule has 0 atom stereocenters. The molecular weight excluding hydrogens is 288 g/mol. The molecule has 0 unspecified atom stereocenters. The van der Waals surface area contributed by atoms with Crippen molar-refractivity contribution in [1.82, 2.24) is 8.87 Å². The van der Waals surface area contributed by atoms with Gasteiger partial charge >= 0.3 is 0 Å². The molecule has 5 nitrogen and oxygen atoms in total. The molecule has 0 saturated heterocycles. The quantitative estimate of drug-likeness (QED) is 0.800. The van der Waals surface area contributed by atoms with Gasteiger partial charge in [0.15, 0.2) is 0 Å². The molecule has 6 heteroatoms. The Morgan fingerprint density at radius 2 is 1.71 bits per heavy atom. The Kier molecular flexibility index (Phi) is 6.43. The molecule has 0 aliphatic heterocycles. The van der Waals surface area contributed by atoms with Gasteiger partial charge in [0.1, 0.15) is 4.90 Å². The van der Waals surface area contributed by atoms with Gasteiger partial charge in [0.05, 0.1) is 6.61 Å². The fourth-order valence-electron chi connectivity index (χ4n) is 2.33. The number of aliphatic hydroxyl groups is 1. The zero-order valence-corrected chi connectivity index (χ0v) is 14.5. The van der Waals surface area contributed by atoms with E-state index in [0.29, 0.717) is 25.3 Å². The molecule has 1 N–H and O–H groups in total. The number of rotatable bonds is 8. The van der Waals surface area contributed by atoms with Crippen molar-refractivity contribution < 1.29 is 13.5 Å². The maximum Gasteiger partial charge on any atom is 0.244 e. The summed E-state index contributed by atoms with van der Waals surface area (Å²) in [4.78, 5) is 0.273. The van der Waals surface area contributed by atoms with Crippen LogP contribution < -0.4 is 0 Å². The summed E-state index contributed by atoms with van der Waals surface area (Å²) in [5.74, 6) is 0.535. The SMILES string of the molecule is CCn1cc(S(=O)(=O)N(CC(C)C)CC(C)C)cc1CO. The van der Waals surface area contributed by atoms with E-state index in [1.807, 2.05) is 34.6 Å². The lowest BCUT2D eigenvalue weighted by Crippen LogP contribution is -2.36. The van der Waals surface area contributed by atoms with Crippen molar-refractivity contribution in [3.05, 3.63) is 18.0 Å². The van der Waals surface area contributed by atoms with E-state index in [4.69, 9.17) is 0 Å². The third-order valence-electron chi connectivity index (χ3n) is 3.24. The normalized spacial score (nSPS) is 12.8. The summed E-state index contributed by atoms with van der Waals surface area (Å²) in [5, 5.41) is 9.33. The first-order valence-corrected chi connectivity index (χ1v) is 8.96. The number of hydrogen-bond donors (Lipinski definition) is 1. The molecule has 122 valence electrons. The second-order valence-electron chi connectivity index (χ2n) is 6.22. The van der Waals surface area contributed by atoms with Crippen LogP contribution in [0, 0.1) is 11.8 Å². The number of nitrogens with zero attached hydrogens (tertiary/aromatic N) is 2. The van der Waals surface area contributed by atoms with E-state index >= 15 is 0 Å². The van der Waals surface area contributed by atoms with Crippen LogP contribution >= 0.6 is 0 Å². The third-order valence-corrected chi connectivity index (χ3v) is 5.04. The Labute approximate surface area is 128 Å². The molecule has 1 heterocycles. The van der Waals surface area contributed by atoms with Gasteiger partial charge in [0.25, 0.3) is 0 Å². The van der Waals surface area contributed by atoms with Crippen LogP contribution in [0.4, 0.5) is 0 Å². The first-order valence-electron chi connectivity index (χ1n) is 7.52. The lowest BCUT2D eigenvalue weighted by atomic mass is 10.2. The van der Waals surface area contributed by atoms with Crippen molar-refractivity contribution in [2.24, 2.45) is 11.8 Å². The second kappa shape index (κ2) is 7.42. The second-order valence-corrected chi connectivity index (χ2v) is 8.16. The lowest BCUT2D eigenvalue weighted by molar-refractivity contribution is 0.271. The molecule has 0 bridgehead atoms. The average Bonchev–Trinajstić information content (AvgIpc) is 2.80. The summed E-state index contributed by atoms with van der Waals surface area (Å²) in [5.41, 5.74) is 0.630. The highest BCUT2D eigenvalue weighted by Gasteiger charge is 2.27. The van der Waals surface area contributed by atoms with Gasteiger partial charge in [0.2, 0.25) is 10.0 Å². The highest BCUT2D eigenvalue weighted by Crippen LogP contribution is 2.21. The van der Waals surface area contributed by atoms with Crippen molar-refractivity contribution in [2.75, 3.05) is 13.1 Å². The molecule has 0 amide bonds. The number of sulfonamides is 1. The highest BCUT2D eigenvalue weighted by molar-refractivity contribution is 7.89. The summed E-state index contributed by atoms with van der Waals surface area (Å²) < 4.78 is 29.0. The Balaban J connectivity index is 3.18. The number of aliphatic hydroxyl groups excluding tert-OH is 1. The zero-order valence-electron chi connectivity index (χ0n) is 13.7. The summed E-state index contributed by atoms with van der Waals surface area (Å²) in [6.45, 7) is 11.5. The predicted octanol–water partition coefficient (Wildman–Crippen LogP) is 2.30. The van der Waals surface area contributed by atoms with Gasteiger partial charge in [-0.25, -0.2) is 8.42 Å². The summed E-state index contributed by atoms with van der Waals surface area (Å²) in [6, 6.07) is 1.58. The summed E-state index contributed by atoms with van der Waals surface area (Å²) >= 11 is 0. The third kappa shape index (κ3) is 4.56. The predicted molar refractivity (Wildman–Crippen MR) is 84.5 cm³/mol. The van der Waals surface area contributed by atoms with E-state index in [2.05, 4.69) is 0 Å². The van der Waals surface area contributed by atoms with Gasteiger partial charge in [-0.05, 0) is 24.8 Å². The number of aryl methyl sites for hydroxylation is 1. The van der Waals surface area contributed by atoms with E-state index in [-0.39, 0.29) is 23.3 Å². The summed E-state index contributed by atoms with van der Waals surface area (Å²) in [6.07, 6.45) is 1.62. The van der Waals surface area contributed by atoms with Crippen LogP contribution in [-0.2, 0) is 23.2 Å².